The maximum Gasteiger partial charge on any atom is 0.115 e. The van der Waals surface area contributed by atoms with E-state index in [1.807, 2.05) is 24.3 Å². The molecule has 140 valence electrons. The van der Waals surface area contributed by atoms with Crippen LogP contribution in [0.5, 0.6) is 5.75 Å². The number of phenolic OH excluding ortho intramolecular Hbond substituents is 1. The third-order valence-corrected chi connectivity index (χ3v) is 4.79. The van der Waals surface area contributed by atoms with Gasteiger partial charge in [0.1, 0.15) is 5.75 Å². The summed E-state index contributed by atoms with van der Waals surface area (Å²) in [6.07, 6.45) is 2.29. The molecule has 0 saturated heterocycles. The van der Waals surface area contributed by atoms with Crippen LogP contribution in [0, 0.1) is 0 Å². The first kappa shape index (κ1) is 20.5. The van der Waals surface area contributed by atoms with E-state index in [-0.39, 0.29) is 13.5 Å². The summed E-state index contributed by atoms with van der Waals surface area (Å²) in [6.45, 7) is 3.02. The topological polar surface area (TPSA) is 23.5 Å². The average molecular weight is 360 g/mol. The van der Waals surface area contributed by atoms with Crippen molar-refractivity contribution in [3.63, 3.8) is 0 Å². The van der Waals surface area contributed by atoms with E-state index in [1.165, 1.54) is 22.3 Å². The number of hydrogen-bond donors (Lipinski definition) is 1. The smallest absolute Gasteiger partial charge is 0.115 e. The third-order valence-electron chi connectivity index (χ3n) is 4.79. The van der Waals surface area contributed by atoms with Crippen molar-refractivity contribution in [1.29, 1.82) is 0 Å². The number of nitrogens with zero attached hydrogens (tertiary/aromatic N) is 1. The van der Waals surface area contributed by atoms with Gasteiger partial charge in [-0.1, -0.05) is 86.3 Å². The Morgan fingerprint density at radius 1 is 0.852 bits per heavy atom. The molecule has 0 heterocycles. The lowest BCUT2D eigenvalue weighted by atomic mass is 9.97. The van der Waals surface area contributed by atoms with Gasteiger partial charge in [-0.3, -0.25) is 4.90 Å². The molecule has 0 aliphatic rings. The summed E-state index contributed by atoms with van der Waals surface area (Å²) in [5.74, 6) is 0.305. The molecule has 27 heavy (non-hydrogen) atoms. The van der Waals surface area contributed by atoms with Crippen LogP contribution in [0.2, 0.25) is 0 Å². The van der Waals surface area contributed by atoms with Crippen LogP contribution in [0.4, 0.5) is 0 Å². The summed E-state index contributed by atoms with van der Waals surface area (Å²) in [5.41, 5.74) is 4.89. The molecule has 3 aromatic rings. The molecular weight excluding hydrogens is 330 g/mol. The highest BCUT2D eigenvalue weighted by molar-refractivity contribution is 5.79. The minimum absolute atomic E-state index is 0. The van der Waals surface area contributed by atoms with E-state index in [0.29, 0.717) is 5.75 Å². The standard InChI is InChI=1S/C24H25NO.CH4/c1-19(20-13-15-23(26)16-14-20)25(2)18-17-24(21-9-5-3-6-10-21)22-11-7-4-8-12-22;/h3-17,19,26H,18H2,1-2H3;1H4/t19-;/m1./s1. The lowest BCUT2D eigenvalue weighted by molar-refractivity contribution is 0.290. The van der Waals surface area contributed by atoms with Gasteiger partial charge in [0.05, 0.1) is 0 Å². The summed E-state index contributed by atoms with van der Waals surface area (Å²) in [7, 11) is 2.13. The van der Waals surface area contributed by atoms with Gasteiger partial charge in [0.15, 0.2) is 0 Å². The number of hydrogen-bond acceptors (Lipinski definition) is 2. The first-order chi connectivity index (χ1) is 12.6. The molecule has 1 atom stereocenters. The molecular formula is C25H29NO. The zero-order valence-electron chi connectivity index (χ0n) is 15.3. The van der Waals surface area contributed by atoms with Crippen molar-refractivity contribution in [3.05, 3.63) is 108 Å². The van der Waals surface area contributed by atoms with E-state index in [4.69, 9.17) is 0 Å². The van der Waals surface area contributed by atoms with Crippen LogP contribution in [-0.2, 0) is 0 Å². The van der Waals surface area contributed by atoms with Gasteiger partial charge in [0.2, 0.25) is 0 Å². The predicted octanol–water partition coefficient (Wildman–Crippen LogP) is 6.15. The van der Waals surface area contributed by atoms with Crippen molar-refractivity contribution in [2.24, 2.45) is 0 Å². The first-order valence-electron chi connectivity index (χ1n) is 8.95. The van der Waals surface area contributed by atoms with Crippen molar-refractivity contribution in [2.75, 3.05) is 13.6 Å². The molecule has 0 saturated carbocycles. The molecule has 0 fully saturated rings. The molecule has 2 heteroatoms. The Balaban J connectivity index is 0.00000261. The van der Waals surface area contributed by atoms with Crippen LogP contribution in [-0.4, -0.2) is 23.6 Å². The highest BCUT2D eigenvalue weighted by Crippen LogP contribution is 2.25. The normalized spacial score (nSPS) is 11.5. The molecule has 0 radical (unpaired) electrons. The first-order valence-corrected chi connectivity index (χ1v) is 8.95. The molecule has 3 aromatic carbocycles. The number of rotatable bonds is 6. The molecule has 3 rings (SSSR count). The van der Waals surface area contributed by atoms with Gasteiger partial charge in [0.25, 0.3) is 0 Å². The molecule has 0 aliphatic carbocycles. The molecule has 0 aromatic heterocycles. The highest BCUT2D eigenvalue weighted by Gasteiger charge is 2.11. The second-order valence-corrected chi connectivity index (χ2v) is 6.56. The van der Waals surface area contributed by atoms with Gasteiger partial charge in [-0.2, -0.15) is 0 Å². The highest BCUT2D eigenvalue weighted by atomic mass is 16.3. The molecule has 0 aliphatic heterocycles. The van der Waals surface area contributed by atoms with Crippen molar-refractivity contribution < 1.29 is 5.11 Å². The minimum Gasteiger partial charge on any atom is -0.508 e. The van der Waals surface area contributed by atoms with Gasteiger partial charge in [-0.05, 0) is 48.4 Å². The maximum absolute atomic E-state index is 9.48. The Hall–Kier alpha value is -2.84. The summed E-state index contributed by atoms with van der Waals surface area (Å²) in [5, 5.41) is 9.48. The van der Waals surface area contributed by atoms with Crippen LogP contribution < -0.4 is 0 Å². The second-order valence-electron chi connectivity index (χ2n) is 6.56. The number of aromatic hydroxyl groups is 1. The van der Waals surface area contributed by atoms with E-state index in [1.54, 1.807) is 12.1 Å². The number of benzene rings is 3. The second kappa shape index (κ2) is 9.75. The summed E-state index contributed by atoms with van der Waals surface area (Å²) < 4.78 is 0. The quantitative estimate of drug-likeness (QED) is 0.570. The van der Waals surface area contributed by atoms with Gasteiger partial charge in [-0.15, -0.1) is 0 Å². The molecule has 2 nitrogen and oxygen atoms in total. The predicted molar refractivity (Wildman–Crippen MR) is 116 cm³/mol. The van der Waals surface area contributed by atoms with E-state index in [2.05, 4.69) is 73.5 Å². The molecule has 0 spiro atoms. The van der Waals surface area contributed by atoms with Crippen molar-refractivity contribution in [2.45, 2.75) is 20.4 Å². The summed E-state index contributed by atoms with van der Waals surface area (Å²) >= 11 is 0. The van der Waals surface area contributed by atoms with E-state index in [0.717, 1.165) is 6.54 Å². The Morgan fingerprint density at radius 2 is 1.33 bits per heavy atom. The van der Waals surface area contributed by atoms with Gasteiger partial charge >= 0.3 is 0 Å². The van der Waals surface area contributed by atoms with E-state index < -0.39 is 0 Å². The Labute approximate surface area is 163 Å². The van der Waals surface area contributed by atoms with Crippen LogP contribution >= 0.6 is 0 Å². The van der Waals surface area contributed by atoms with Gasteiger partial charge < -0.3 is 5.11 Å². The molecule has 0 unspecified atom stereocenters. The van der Waals surface area contributed by atoms with E-state index >= 15 is 0 Å². The number of phenols is 1. The van der Waals surface area contributed by atoms with Crippen LogP contribution in [0.1, 0.15) is 37.1 Å². The van der Waals surface area contributed by atoms with Crippen molar-refractivity contribution in [3.8, 4) is 5.75 Å². The molecule has 1 N–H and O–H groups in total. The summed E-state index contributed by atoms with van der Waals surface area (Å²) in [6, 6.07) is 28.7. The fourth-order valence-corrected chi connectivity index (χ4v) is 3.04. The lowest BCUT2D eigenvalue weighted by Crippen LogP contribution is -2.22. The van der Waals surface area contributed by atoms with Gasteiger partial charge in [0, 0.05) is 12.6 Å². The zero-order valence-corrected chi connectivity index (χ0v) is 15.3. The molecule has 0 bridgehead atoms. The summed E-state index contributed by atoms with van der Waals surface area (Å²) in [4.78, 5) is 2.30. The minimum atomic E-state index is 0. The van der Waals surface area contributed by atoms with Crippen molar-refractivity contribution >= 4 is 5.57 Å². The number of likely N-dealkylation sites (N-methyl/N-ethyl adjacent to an activating group) is 1. The van der Waals surface area contributed by atoms with Crippen LogP contribution in [0.3, 0.4) is 0 Å². The van der Waals surface area contributed by atoms with Crippen LogP contribution in [0.15, 0.2) is 91.0 Å². The van der Waals surface area contributed by atoms with Gasteiger partial charge in [-0.25, -0.2) is 0 Å². The largest absolute Gasteiger partial charge is 0.508 e. The third kappa shape index (κ3) is 5.32. The van der Waals surface area contributed by atoms with Crippen molar-refractivity contribution in [1.82, 2.24) is 4.90 Å². The lowest BCUT2D eigenvalue weighted by Gasteiger charge is -2.24. The monoisotopic (exact) mass is 359 g/mol. The van der Waals surface area contributed by atoms with E-state index in [9.17, 15) is 5.11 Å². The average Bonchev–Trinajstić information content (AvgIpc) is 2.69. The maximum atomic E-state index is 9.48. The Kier molecular flexibility index (Phi) is 7.39. The fourth-order valence-electron chi connectivity index (χ4n) is 3.04. The fraction of sp³-hybridized carbons (Fsp3) is 0.200. The SMILES string of the molecule is C.C[C@H](c1ccc(O)cc1)N(C)CC=C(c1ccccc1)c1ccccc1. The Morgan fingerprint density at radius 3 is 1.81 bits per heavy atom. The Bertz CT molecular complexity index is 797. The molecule has 0 amide bonds. The zero-order chi connectivity index (χ0) is 18.4. The van der Waals surface area contributed by atoms with Crippen LogP contribution in [0.25, 0.3) is 5.57 Å².